The lowest BCUT2D eigenvalue weighted by Gasteiger charge is -2.32. The molecule has 0 atom stereocenters. The first kappa shape index (κ1) is 12.1. The molecule has 94 valence electrons. The monoisotopic (exact) mass is 236 g/mol. The number of nitrogen functional groups attached to an aromatic ring is 1. The van der Waals surface area contributed by atoms with Crippen LogP contribution in [-0.4, -0.2) is 53.1 Å². The molecule has 1 aliphatic rings. The number of aromatic nitrogens is 2. The number of nitrogens with one attached hydrogen (secondary N) is 1. The van der Waals surface area contributed by atoms with Crippen molar-refractivity contribution in [1.82, 2.24) is 19.9 Å². The summed E-state index contributed by atoms with van der Waals surface area (Å²) in [6.45, 7) is 6.13. The molecule has 17 heavy (non-hydrogen) atoms. The third-order valence-corrected chi connectivity index (χ3v) is 2.88. The molecule has 3 N–H and O–H groups in total. The van der Waals surface area contributed by atoms with Crippen molar-refractivity contribution in [2.45, 2.75) is 13.3 Å². The van der Waals surface area contributed by atoms with E-state index in [0.29, 0.717) is 5.82 Å². The average Bonchev–Trinajstić information content (AvgIpc) is 2.31. The maximum absolute atomic E-state index is 5.74. The van der Waals surface area contributed by atoms with Gasteiger partial charge in [-0.05, 0) is 7.05 Å². The zero-order valence-corrected chi connectivity index (χ0v) is 10.5. The van der Waals surface area contributed by atoms with Crippen molar-refractivity contribution in [3.63, 3.8) is 0 Å². The van der Waals surface area contributed by atoms with Crippen LogP contribution in [-0.2, 0) is 6.42 Å². The molecule has 1 aliphatic heterocycles. The van der Waals surface area contributed by atoms with Crippen molar-refractivity contribution in [2.24, 2.45) is 0 Å². The average molecular weight is 236 g/mol. The third kappa shape index (κ3) is 3.28. The molecule has 0 amide bonds. The maximum atomic E-state index is 5.74. The van der Waals surface area contributed by atoms with Gasteiger partial charge in [-0.25, -0.2) is 15.0 Å². The van der Waals surface area contributed by atoms with Gasteiger partial charge in [0.2, 0.25) is 0 Å². The minimum atomic E-state index is 0.522. The van der Waals surface area contributed by atoms with Gasteiger partial charge in [0.15, 0.2) is 0 Å². The van der Waals surface area contributed by atoms with Crippen molar-refractivity contribution in [3.05, 3.63) is 11.9 Å². The third-order valence-electron chi connectivity index (χ3n) is 2.88. The number of hydrazine groups is 1. The molecule has 2 heterocycles. The number of likely N-dealkylation sites (N-methyl/N-ethyl adjacent to an activating group) is 1. The Bertz CT molecular complexity index is 372. The van der Waals surface area contributed by atoms with Crippen molar-refractivity contribution in [3.8, 4) is 0 Å². The van der Waals surface area contributed by atoms with E-state index in [2.05, 4.69) is 32.4 Å². The van der Waals surface area contributed by atoms with Gasteiger partial charge in [-0.2, -0.15) is 0 Å². The molecule has 6 heteroatoms. The van der Waals surface area contributed by atoms with Crippen LogP contribution in [0.1, 0.15) is 12.7 Å². The molecule has 0 spiro atoms. The summed E-state index contributed by atoms with van der Waals surface area (Å²) in [5.41, 5.74) is 9.04. The van der Waals surface area contributed by atoms with E-state index in [1.807, 2.05) is 6.92 Å². The summed E-state index contributed by atoms with van der Waals surface area (Å²) in [6.07, 6.45) is 0.794. The summed E-state index contributed by atoms with van der Waals surface area (Å²) >= 11 is 0. The van der Waals surface area contributed by atoms with Gasteiger partial charge < -0.3 is 16.1 Å². The fourth-order valence-corrected chi connectivity index (χ4v) is 1.81. The smallest absolute Gasteiger partial charge is 0.146 e. The molecule has 2 rings (SSSR count). The van der Waals surface area contributed by atoms with Gasteiger partial charge in [0.25, 0.3) is 0 Å². The van der Waals surface area contributed by atoms with Crippen LogP contribution in [0.2, 0.25) is 0 Å². The number of hydrogen-bond acceptors (Lipinski definition) is 6. The molecule has 6 nitrogen and oxygen atoms in total. The van der Waals surface area contributed by atoms with Crippen molar-refractivity contribution >= 4 is 11.6 Å². The second-order valence-corrected chi connectivity index (χ2v) is 4.35. The van der Waals surface area contributed by atoms with Crippen LogP contribution in [0.15, 0.2) is 6.07 Å². The Kier molecular flexibility index (Phi) is 3.75. The highest BCUT2D eigenvalue weighted by atomic mass is 15.5. The molecular formula is C11H20N6. The minimum Gasteiger partial charge on any atom is -0.384 e. The number of nitrogens with zero attached hydrogens (tertiary/aromatic N) is 4. The quantitative estimate of drug-likeness (QED) is 0.781. The zero-order chi connectivity index (χ0) is 12.3. The first-order valence-corrected chi connectivity index (χ1v) is 6.01. The number of hydrogen-bond donors (Lipinski definition) is 2. The number of rotatable bonds is 3. The van der Waals surface area contributed by atoms with Crippen molar-refractivity contribution in [2.75, 3.05) is 44.4 Å². The van der Waals surface area contributed by atoms with Crippen LogP contribution in [0.5, 0.6) is 0 Å². The Labute approximate surface area is 102 Å². The van der Waals surface area contributed by atoms with Gasteiger partial charge in [-0.1, -0.05) is 6.92 Å². The number of anilines is 2. The highest BCUT2D eigenvalue weighted by molar-refractivity contribution is 5.43. The summed E-state index contributed by atoms with van der Waals surface area (Å²) in [7, 11) is 2.13. The molecule has 0 bridgehead atoms. The van der Waals surface area contributed by atoms with Gasteiger partial charge in [-0.15, -0.1) is 0 Å². The summed E-state index contributed by atoms with van der Waals surface area (Å²) in [5, 5.41) is 2.17. The van der Waals surface area contributed by atoms with Gasteiger partial charge in [-0.3, -0.25) is 0 Å². The van der Waals surface area contributed by atoms with Gasteiger partial charge >= 0.3 is 0 Å². The van der Waals surface area contributed by atoms with Crippen LogP contribution in [0.3, 0.4) is 0 Å². The van der Waals surface area contributed by atoms with Crippen LogP contribution < -0.4 is 11.2 Å². The molecule has 0 aromatic carbocycles. The lowest BCUT2D eigenvalue weighted by atomic mass is 10.4. The topological polar surface area (TPSA) is 70.3 Å². The van der Waals surface area contributed by atoms with Gasteiger partial charge in [0.1, 0.15) is 17.5 Å². The molecule has 1 fully saturated rings. The Morgan fingerprint density at radius 1 is 1.29 bits per heavy atom. The Hall–Kier alpha value is -1.40. The van der Waals surface area contributed by atoms with E-state index in [9.17, 15) is 0 Å². The second-order valence-electron chi connectivity index (χ2n) is 4.35. The van der Waals surface area contributed by atoms with Crippen LogP contribution in [0, 0.1) is 0 Å². The SMILES string of the molecule is CCc1nc(N)cc(NN2CCN(C)CC2)n1. The summed E-state index contributed by atoms with van der Waals surface area (Å²) < 4.78 is 0. The molecule has 0 saturated carbocycles. The van der Waals surface area contributed by atoms with E-state index in [1.165, 1.54) is 0 Å². The summed E-state index contributed by atoms with van der Waals surface area (Å²) in [4.78, 5) is 10.9. The molecule has 1 aromatic rings. The van der Waals surface area contributed by atoms with E-state index in [4.69, 9.17) is 5.73 Å². The van der Waals surface area contributed by atoms with Crippen LogP contribution >= 0.6 is 0 Å². The van der Waals surface area contributed by atoms with Crippen molar-refractivity contribution in [1.29, 1.82) is 0 Å². The second kappa shape index (κ2) is 5.29. The van der Waals surface area contributed by atoms with E-state index in [1.54, 1.807) is 6.07 Å². The van der Waals surface area contributed by atoms with Crippen LogP contribution in [0.25, 0.3) is 0 Å². The fraction of sp³-hybridized carbons (Fsp3) is 0.636. The Morgan fingerprint density at radius 2 is 2.00 bits per heavy atom. The molecule has 1 aromatic heterocycles. The molecule has 1 saturated heterocycles. The van der Waals surface area contributed by atoms with Crippen molar-refractivity contribution < 1.29 is 0 Å². The molecule has 0 radical (unpaired) electrons. The number of aryl methyl sites for hydroxylation is 1. The first-order valence-electron chi connectivity index (χ1n) is 6.01. The predicted octanol–water partition coefficient (Wildman–Crippen LogP) is 0.196. The highest BCUT2D eigenvalue weighted by Crippen LogP contribution is 2.10. The molecule has 0 aliphatic carbocycles. The Morgan fingerprint density at radius 3 is 2.65 bits per heavy atom. The van der Waals surface area contributed by atoms with E-state index in [0.717, 1.165) is 44.2 Å². The van der Waals surface area contributed by atoms with E-state index >= 15 is 0 Å². The summed E-state index contributed by atoms with van der Waals surface area (Å²) in [6, 6.07) is 1.78. The lowest BCUT2D eigenvalue weighted by molar-refractivity contribution is 0.178. The fourth-order valence-electron chi connectivity index (χ4n) is 1.81. The van der Waals surface area contributed by atoms with Gasteiger partial charge in [0, 0.05) is 38.7 Å². The number of nitrogens with two attached hydrogens (primary N) is 1. The lowest BCUT2D eigenvalue weighted by Crippen LogP contribution is -2.47. The largest absolute Gasteiger partial charge is 0.384 e. The van der Waals surface area contributed by atoms with E-state index in [-0.39, 0.29) is 0 Å². The standard InChI is InChI=1S/C11H20N6/c1-3-10-13-9(12)8-11(14-10)15-17-6-4-16(2)5-7-17/h8H,3-7H2,1-2H3,(H3,12,13,14,15). The number of piperazine rings is 1. The van der Waals surface area contributed by atoms with E-state index < -0.39 is 0 Å². The first-order chi connectivity index (χ1) is 8.17. The van der Waals surface area contributed by atoms with Crippen LogP contribution in [0.4, 0.5) is 11.6 Å². The minimum absolute atomic E-state index is 0.522. The maximum Gasteiger partial charge on any atom is 0.146 e. The molecule has 0 unspecified atom stereocenters. The zero-order valence-electron chi connectivity index (χ0n) is 10.5. The normalized spacial score (nSPS) is 18.2. The summed E-state index contributed by atoms with van der Waals surface area (Å²) in [5.74, 6) is 2.09. The highest BCUT2D eigenvalue weighted by Gasteiger charge is 2.14. The van der Waals surface area contributed by atoms with Gasteiger partial charge in [0.05, 0.1) is 0 Å². The molecular weight excluding hydrogens is 216 g/mol. The predicted molar refractivity (Wildman–Crippen MR) is 68.5 cm³/mol. The Balaban J connectivity index is 2.00.